The average Bonchev–Trinajstić information content (AvgIpc) is 2.80. The van der Waals surface area contributed by atoms with Gasteiger partial charge in [-0.1, -0.05) is 30.3 Å². The van der Waals surface area contributed by atoms with Crippen LogP contribution in [0.1, 0.15) is 22.3 Å². The molecule has 0 amide bonds. The Labute approximate surface area is 187 Å². The predicted molar refractivity (Wildman–Crippen MR) is 124 cm³/mol. The quantitative estimate of drug-likeness (QED) is 0.335. The fourth-order valence-electron chi connectivity index (χ4n) is 3.97. The molecule has 0 aliphatic carbocycles. The average molecular weight is 424 g/mol. The number of aromatic hydroxyl groups is 2. The fourth-order valence-corrected chi connectivity index (χ4v) is 3.97. The van der Waals surface area contributed by atoms with Gasteiger partial charge in [0.15, 0.2) is 11.5 Å². The summed E-state index contributed by atoms with van der Waals surface area (Å²) in [6.45, 7) is 0. The van der Waals surface area contributed by atoms with Crippen LogP contribution in [0.4, 0.5) is 0 Å². The Morgan fingerprint density at radius 1 is 0.531 bits per heavy atom. The second-order valence-corrected chi connectivity index (χ2v) is 8.09. The van der Waals surface area contributed by atoms with Crippen molar-refractivity contribution in [2.24, 2.45) is 0 Å². The molecule has 0 fully saturated rings. The van der Waals surface area contributed by atoms with E-state index in [9.17, 15) is 10.2 Å². The zero-order valence-electron chi connectivity index (χ0n) is 17.6. The van der Waals surface area contributed by atoms with Gasteiger partial charge in [0.2, 0.25) is 0 Å². The van der Waals surface area contributed by atoms with Crippen LogP contribution in [0, 0.1) is 0 Å². The van der Waals surface area contributed by atoms with Crippen LogP contribution in [0.5, 0.6) is 34.5 Å². The minimum atomic E-state index is 0.124. The van der Waals surface area contributed by atoms with Crippen LogP contribution in [0.2, 0.25) is 0 Å². The molecular weight excluding hydrogens is 400 g/mol. The van der Waals surface area contributed by atoms with E-state index in [1.54, 1.807) is 18.2 Å². The number of aryl methyl sites for hydroxylation is 4. The van der Waals surface area contributed by atoms with Crippen LogP contribution < -0.4 is 9.47 Å². The Morgan fingerprint density at radius 2 is 1.25 bits per heavy atom. The second kappa shape index (κ2) is 8.67. The molecule has 2 aliphatic heterocycles. The van der Waals surface area contributed by atoms with Gasteiger partial charge in [0.1, 0.15) is 23.0 Å². The van der Waals surface area contributed by atoms with Crippen molar-refractivity contribution in [3.8, 4) is 34.5 Å². The molecule has 6 rings (SSSR count). The largest absolute Gasteiger partial charge is 0.508 e. The number of fused-ring (bicyclic) bond motifs is 4. The first kappa shape index (κ1) is 20.0. The normalized spacial score (nSPS) is 13.2. The second-order valence-electron chi connectivity index (χ2n) is 8.09. The van der Waals surface area contributed by atoms with Gasteiger partial charge in [0.05, 0.1) is 0 Å². The van der Waals surface area contributed by atoms with Crippen LogP contribution in [-0.4, -0.2) is 10.2 Å². The lowest BCUT2D eigenvalue weighted by Crippen LogP contribution is -1.97. The fraction of sp³-hybridized carbons (Fsp3) is 0.143. The van der Waals surface area contributed by atoms with Crippen LogP contribution in [0.15, 0.2) is 84.9 Å². The lowest BCUT2D eigenvalue weighted by Gasteiger charge is -2.14. The van der Waals surface area contributed by atoms with Gasteiger partial charge in [-0.3, -0.25) is 0 Å². The number of hydrogen-bond acceptors (Lipinski definition) is 4. The molecule has 4 aromatic carbocycles. The summed E-state index contributed by atoms with van der Waals surface area (Å²) in [6.07, 6.45) is 3.16. The predicted octanol–water partition coefficient (Wildman–Crippen LogP) is 6.57. The zero-order chi connectivity index (χ0) is 21.9. The molecule has 0 aromatic heterocycles. The van der Waals surface area contributed by atoms with E-state index in [0.29, 0.717) is 11.5 Å². The summed E-state index contributed by atoms with van der Waals surface area (Å²) < 4.78 is 12.2. The molecule has 4 aromatic rings. The Bertz CT molecular complexity index is 1240. The third-order valence-corrected chi connectivity index (χ3v) is 5.73. The van der Waals surface area contributed by atoms with E-state index in [0.717, 1.165) is 59.4 Å². The third kappa shape index (κ3) is 4.54. The lowest BCUT2D eigenvalue weighted by atomic mass is 10.0. The van der Waals surface area contributed by atoms with Crippen molar-refractivity contribution >= 4 is 0 Å². The van der Waals surface area contributed by atoms with Crippen molar-refractivity contribution in [3.63, 3.8) is 0 Å². The molecule has 2 N–H and O–H groups in total. The Hall–Kier alpha value is -3.92. The Balaban J connectivity index is 1.53. The molecule has 4 heteroatoms. The van der Waals surface area contributed by atoms with Gasteiger partial charge in [0, 0.05) is 0 Å². The van der Waals surface area contributed by atoms with E-state index >= 15 is 0 Å². The van der Waals surface area contributed by atoms with Crippen molar-refractivity contribution in [2.75, 3.05) is 0 Å². The van der Waals surface area contributed by atoms with Crippen molar-refractivity contribution in [3.05, 3.63) is 107 Å². The smallest absolute Gasteiger partial charge is 0.169 e. The summed E-state index contributed by atoms with van der Waals surface area (Å²) in [5, 5.41) is 20.3. The topological polar surface area (TPSA) is 58.9 Å². The van der Waals surface area contributed by atoms with E-state index in [1.807, 2.05) is 54.6 Å². The van der Waals surface area contributed by atoms with Gasteiger partial charge in [-0.2, -0.15) is 0 Å². The molecule has 0 saturated heterocycles. The van der Waals surface area contributed by atoms with Crippen molar-refractivity contribution in [1.29, 1.82) is 0 Å². The van der Waals surface area contributed by atoms with Gasteiger partial charge in [-0.05, 0) is 103 Å². The molecular formula is C28H24O4. The maximum Gasteiger partial charge on any atom is 0.169 e. The number of ether oxygens (including phenoxy) is 2. The van der Waals surface area contributed by atoms with Gasteiger partial charge >= 0.3 is 0 Å². The minimum Gasteiger partial charge on any atom is -0.508 e. The zero-order valence-corrected chi connectivity index (χ0v) is 17.6. The Morgan fingerprint density at radius 3 is 2.09 bits per heavy atom. The highest BCUT2D eigenvalue weighted by Gasteiger charge is 2.11. The van der Waals surface area contributed by atoms with Gasteiger partial charge in [-0.25, -0.2) is 0 Å². The summed E-state index contributed by atoms with van der Waals surface area (Å²) in [6, 6.07) is 26.7. The van der Waals surface area contributed by atoms with E-state index < -0.39 is 0 Å². The van der Waals surface area contributed by atoms with Gasteiger partial charge < -0.3 is 19.7 Å². The van der Waals surface area contributed by atoms with Crippen LogP contribution >= 0.6 is 0 Å². The van der Waals surface area contributed by atoms with E-state index in [-0.39, 0.29) is 11.5 Å². The highest BCUT2D eigenvalue weighted by atomic mass is 16.5. The van der Waals surface area contributed by atoms with Crippen LogP contribution in [-0.2, 0) is 25.7 Å². The van der Waals surface area contributed by atoms with E-state index in [4.69, 9.17) is 9.47 Å². The molecule has 6 bridgehead atoms. The standard InChI is InChI=1S/C28H24O4/c29-23-11-15-27-22(18-23)10-6-19-7-12-24(13-8-19)31-28-17-21(9-14-26(28)30)5-4-20-2-1-3-25(16-20)32-27/h1-3,7-9,11-18,29-30H,4-6,10H2. The third-order valence-electron chi connectivity index (χ3n) is 5.73. The molecule has 2 aliphatic rings. The summed E-state index contributed by atoms with van der Waals surface area (Å²) in [5.74, 6) is 3.01. The molecule has 0 unspecified atom stereocenters. The molecule has 0 radical (unpaired) electrons. The number of phenols is 2. The molecule has 2 heterocycles. The Kier molecular flexibility index (Phi) is 5.42. The van der Waals surface area contributed by atoms with Crippen molar-refractivity contribution in [1.82, 2.24) is 0 Å². The van der Waals surface area contributed by atoms with Crippen molar-refractivity contribution in [2.45, 2.75) is 25.7 Å². The molecule has 160 valence electrons. The number of benzene rings is 4. The molecule has 0 saturated carbocycles. The first-order valence-electron chi connectivity index (χ1n) is 10.8. The minimum absolute atomic E-state index is 0.124. The van der Waals surface area contributed by atoms with Gasteiger partial charge in [-0.15, -0.1) is 0 Å². The lowest BCUT2D eigenvalue weighted by molar-refractivity contribution is 0.410. The summed E-state index contributed by atoms with van der Waals surface area (Å²) in [7, 11) is 0. The van der Waals surface area contributed by atoms with Crippen LogP contribution in [0.3, 0.4) is 0 Å². The summed E-state index contributed by atoms with van der Waals surface area (Å²) in [5.41, 5.74) is 4.35. The van der Waals surface area contributed by atoms with Gasteiger partial charge in [0.25, 0.3) is 0 Å². The summed E-state index contributed by atoms with van der Waals surface area (Å²) in [4.78, 5) is 0. The first-order chi connectivity index (χ1) is 15.6. The van der Waals surface area contributed by atoms with Crippen LogP contribution in [0.25, 0.3) is 0 Å². The van der Waals surface area contributed by atoms with Crippen molar-refractivity contribution < 1.29 is 19.7 Å². The number of rotatable bonds is 0. The molecule has 0 atom stereocenters. The number of hydrogen-bond donors (Lipinski definition) is 2. The van der Waals surface area contributed by atoms with E-state index in [1.165, 1.54) is 0 Å². The highest BCUT2D eigenvalue weighted by Crippen LogP contribution is 2.33. The maximum absolute atomic E-state index is 10.2. The molecule has 4 nitrogen and oxygen atoms in total. The summed E-state index contributed by atoms with van der Waals surface area (Å²) >= 11 is 0. The molecule has 32 heavy (non-hydrogen) atoms. The monoisotopic (exact) mass is 424 g/mol. The first-order valence-corrected chi connectivity index (χ1v) is 10.8. The SMILES string of the molecule is Oc1ccc2c(c1)CCc1ccc(cc1)Oc1cc(ccc1O)CCc1cccc(c1)O2. The molecule has 0 spiro atoms. The number of phenolic OH excluding ortho intramolecular Hbond substituents is 2. The highest BCUT2D eigenvalue weighted by molar-refractivity contribution is 5.46. The maximum atomic E-state index is 10.2. The van der Waals surface area contributed by atoms with E-state index in [2.05, 4.69) is 12.1 Å².